The molecule has 84 valence electrons. The van der Waals surface area contributed by atoms with Crippen molar-refractivity contribution in [2.45, 2.75) is 6.42 Å². The maximum atomic E-state index is 13.4. The van der Waals surface area contributed by atoms with Crippen molar-refractivity contribution in [3.8, 4) is 11.4 Å². The number of benzene rings is 1. The van der Waals surface area contributed by atoms with Crippen LogP contribution in [0.1, 0.15) is 5.69 Å². The van der Waals surface area contributed by atoms with Gasteiger partial charge in [-0.2, -0.15) is 0 Å². The lowest BCUT2D eigenvalue weighted by atomic mass is 10.2. The van der Waals surface area contributed by atoms with Gasteiger partial charge in [0, 0.05) is 13.0 Å². The fraction of sp³-hybridized carbons (Fsp3) is 0.182. The summed E-state index contributed by atoms with van der Waals surface area (Å²) in [4.78, 5) is 6.92. The molecule has 0 aliphatic rings. The van der Waals surface area contributed by atoms with Crippen LogP contribution < -0.4 is 0 Å². The zero-order valence-corrected chi connectivity index (χ0v) is 9.13. The van der Waals surface area contributed by atoms with Gasteiger partial charge >= 0.3 is 0 Å². The number of nitrogens with zero attached hydrogens (tertiary/aromatic N) is 1. The van der Waals surface area contributed by atoms with Crippen LogP contribution in [0.3, 0.4) is 0 Å². The predicted octanol–water partition coefficient (Wildman–Crippen LogP) is 2.40. The van der Waals surface area contributed by atoms with E-state index in [0.29, 0.717) is 23.5 Å². The highest BCUT2D eigenvalue weighted by molar-refractivity contribution is 6.30. The molecule has 16 heavy (non-hydrogen) atoms. The number of aliphatic hydroxyl groups is 1. The number of imidazole rings is 1. The van der Waals surface area contributed by atoms with Gasteiger partial charge in [0.1, 0.15) is 11.6 Å². The third-order valence-electron chi connectivity index (χ3n) is 2.22. The molecule has 0 atom stereocenters. The van der Waals surface area contributed by atoms with Crippen LogP contribution in [-0.4, -0.2) is 21.7 Å². The van der Waals surface area contributed by atoms with Crippen LogP contribution in [0.5, 0.6) is 0 Å². The Balaban J connectivity index is 2.42. The van der Waals surface area contributed by atoms with E-state index in [1.54, 1.807) is 18.2 Å². The van der Waals surface area contributed by atoms with E-state index < -0.39 is 0 Å². The minimum absolute atomic E-state index is 0.0291. The summed E-state index contributed by atoms with van der Waals surface area (Å²) in [6.45, 7) is -0.0291. The molecule has 0 spiro atoms. The molecule has 0 bridgehead atoms. The largest absolute Gasteiger partial charge is 0.396 e. The number of H-pyrrole nitrogens is 1. The standard InChI is InChI=1S/C11H10ClFN2O/c12-10-9(5-6-16)14-11(15-10)7-3-1-2-4-8(7)13/h1-4,16H,5-6H2,(H,14,15). The highest BCUT2D eigenvalue weighted by atomic mass is 35.5. The van der Waals surface area contributed by atoms with Crippen molar-refractivity contribution in [3.63, 3.8) is 0 Å². The zero-order valence-electron chi connectivity index (χ0n) is 8.37. The van der Waals surface area contributed by atoms with Crippen LogP contribution in [0.2, 0.25) is 5.15 Å². The smallest absolute Gasteiger partial charge is 0.150 e. The van der Waals surface area contributed by atoms with Gasteiger partial charge in [0.2, 0.25) is 0 Å². The molecule has 0 aliphatic carbocycles. The summed E-state index contributed by atoms with van der Waals surface area (Å²) in [6, 6.07) is 6.31. The molecule has 0 aliphatic heterocycles. The summed E-state index contributed by atoms with van der Waals surface area (Å²) in [7, 11) is 0. The van der Waals surface area contributed by atoms with E-state index in [0.717, 1.165) is 0 Å². The van der Waals surface area contributed by atoms with E-state index in [1.807, 2.05) is 0 Å². The molecule has 3 nitrogen and oxygen atoms in total. The normalized spacial score (nSPS) is 10.7. The fourth-order valence-corrected chi connectivity index (χ4v) is 1.67. The second-order valence-corrected chi connectivity index (χ2v) is 3.67. The Morgan fingerprint density at radius 2 is 2.12 bits per heavy atom. The van der Waals surface area contributed by atoms with Gasteiger partial charge in [0.15, 0.2) is 5.15 Å². The van der Waals surface area contributed by atoms with Gasteiger partial charge in [0.25, 0.3) is 0 Å². The molecule has 1 aromatic heterocycles. The molecule has 0 amide bonds. The maximum absolute atomic E-state index is 13.4. The van der Waals surface area contributed by atoms with E-state index in [4.69, 9.17) is 16.7 Å². The topological polar surface area (TPSA) is 48.9 Å². The summed E-state index contributed by atoms with van der Waals surface area (Å²) < 4.78 is 13.4. The van der Waals surface area contributed by atoms with Crippen LogP contribution in [0.25, 0.3) is 11.4 Å². The van der Waals surface area contributed by atoms with E-state index in [1.165, 1.54) is 6.07 Å². The molecule has 5 heteroatoms. The average Bonchev–Trinajstić information content (AvgIpc) is 2.61. The molecule has 2 N–H and O–H groups in total. The summed E-state index contributed by atoms with van der Waals surface area (Å²) in [5, 5.41) is 9.07. The van der Waals surface area contributed by atoms with E-state index in [-0.39, 0.29) is 17.6 Å². The third-order valence-corrected chi connectivity index (χ3v) is 2.53. The lowest BCUT2D eigenvalue weighted by molar-refractivity contribution is 0.298. The Labute approximate surface area is 96.9 Å². The number of aromatic amines is 1. The van der Waals surface area contributed by atoms with Crippen molar-refractivity contribution >= 4 is 11.6 Å². The molecule has 0 saturated carbocycles. The number of aromatic nitrogens is 2. The molecule has 0 saturated heterocycles. The third kappa shape index (κ3) is 2.08. The van der Waals surface area contributed by atoms with Gasteiger partial charge in [-0.1, -0.05) is 23.7 Å². The van der Waals surface area contributed by atoms with Gasteiger partial charge in [-0.05, 0) is 12.1 Å². The molecule has 0 unspecified atom stereocenters. The maximum Gasteiger partial charge on any atom is 0.150 e. The fourth-order valence-electron chi connectivity index (χ4n) is 1.45. The Morgan fingerprint density at radius 1 is 1.38 bits per heavy atom. The lowest BCUT2D eigenvalue weighted by Crippen LogP contribution is -1.91. The first kappa shape index (κ1) is 11.1. The second kappa shape index (κ2) is 4.63. The summed E-state index contributed by atoms with van der Waals surface area (Å²) >= 11 is 5.85. The number of hydrogen-bond donors (Lipinski definition) is 2. The lowest BCUT2D eigenvalue weighted by Gasteiger charge is -1.97. The number of nitrogens with one attached hydrogen (secondary N) is 1. The Bertz CT molecular complexity index is 498. The SMILES string of the molecule is OCCc1[nH]c(-c2ccccc2F)nc1Cl. The summed E-state index contributed by atoms with van der Waals surface area (Å²) in [5.74, 6) is 0.0232. The average molecular weight is 241 g/mol. The van der Waals surface area contributed by atoms with E-state index in [2.05, 4.69) is 9.97 Å². The number of aliphatic hydroxyl groups excluding tert-OH is 1. The van der Waals surface area contributed by atoms with E-state index in [9.17, 15) is 4.39 Å². The summed E-state index contributed by atoms with van der Waals surface area (Å²) in [6.07, 6.45) is 0.375. The van der Waals surface area contributed by atoms with E-state index >= 15 is 0 Å². The van der Waals surface area contributed by atoms with Crippen molar-refractivity contribution in [2.24, 2.45) is 0 Å². The van der Waals surface area contributed by atoms with Gasteiger partial charge in [0.05, 0.1) is 11.3 Å². The van der Waals surface area contributed by atoms with Crippen LogP contribution in [0.4, 0.5) is 4.39 Å². The number of halogens is 2. The van der Waals surface area contributed by atoms with Crippen molar-refractivity contribution in [2.75, 3.05) is 6.61 Å². The van der Waals surface area contributed by atoms with Gasteiger partial charge in [-0.3, -0.25) is 0 Å². The first-order chi connectivity index (χ1) is 7.72. The molecule has 2 aromatic rings. The number of rotatable bonds is 3. The molecule has 1 heterocycles. The minimum atomic E-state index is -0.358. The number of hydrogen-bond acceptors (Lipinski definition) is 2. The molecular weight excluding hydrogens is 231 g/mol. The minimum Gasteiger partial charge on any atom is -0.396 e. The summed E-state index contributed by atoms with van der Waals surface area (Å²) in [5.41, 5.74) is 0.982. The van der Waals surface area contributed by atoms with Crippen LogP contribution >= 0.6 is 11.6 Å². The van der Waals surface area contributed by atoms with Crippen LogP contribution in [-0.2, 0) is 6.42 Å². The van der Waals surface area contributed by atoms with Crippen molar-refractivity contribution in [1.29, 1.82) is 0 Å². The molecule has 0 fully saturated rings. The van der Waals surface area contributed by atoms with Crippen molar-refractivity contribution in [3.05, 3.63) is 40.9 Å². The first-order valence-electron chi connectivity index (χ1n) is 4.82. The molecular formula is C11H10ClFN2O. The Hall–Kier alpha value is -1.39. The van der Waals surface area contributed by atoms with Crippen LogP contribution in [0.15, 0.2) is 24.3 Å². The monoisotopic (exact) mass is 240 g/mol. The molecule has 0 radical (unpaired) electrons. The quantitative estimate of drug-likeness (QED) is 0.866. The van der Waals surface area contributed by atoms with Gasteiger partial charge < -0.3 is 10.1 Å². The molecule has 1 aromatic carbocycles. The Morgan fingerprint density at radius 3 is 2.81 bits per heavy atom. The zero-order chi connectivity index (χ0) is 11.5. The molecule has 2 rings (SSSR count). The predicted molar refractivity (Wildman–Crippen MR) is 59.8 cm³/mol. The first-order valence-corrected chi connectivity index (χ1v) is 5.20. The highest BCUT2D eigenvalue weighted by Gasteiger charge is 2.11. The Kier molecular flexibility index (Phi) is 3.22. The highest BCUT2D eigenvalue weighted by Crippen LogP contribution is 2.23. The van der Waals surface area contributed by atoms with Crippen molar-refractivity contribution < 1.29 is 9.50 Å². The van der Waals surface area contributed by atoms with Crippen LogP contribution in [0, 0.1) is 5.82 Å². The van der Waals surface area contributed by atoms with Crippen molar-refractivity contribution in [1.82, 2.24) is 9.97 Å². The van der Waals surface area contributed by atoms with Gasteiger partial charge in [-0.25, -0.2) is 9.37 Å². The second-order valence-electron chi connectivity index (χ2n) is 3.31. The van der Waals surface area contributed by atoms with Gasteiger partial charge in [-0.15, -0.1) is 0 Å².